The monoisotopic (exact) mass is 258 g/mol. The van der Waals surface area contributed by atoms with Crippen molar-refractivity contribution in [2.45, 2.75) is 38.8 Å². The molecule has 0 fully saturated rings. The first kappa shape index (κ1) is 12.2. The normalized spacial score (nSPS) is 18.3. The summed E-state index contributed by atoms with van der Waals surface area (Å²) in [5.74, 6) is 0. The zero-order valence-corrected chi connectivity index (χ0v) is 11.0. The molecule has 2 aromatic heterocycles. The van der Waals surface area contributed by atoms with Crippen LogP contribution in [-0.4, -0.2) is 15.2 Å². The lowest BCUT2D eigenvalue weighted by atomic mass is 9.91. The number of aromatic amines is 2. The maximum atomic E-state index is 11.3. The molecule has 1 aliphatic carbocycles. The highest BCUT2D eigenvalue weighted by atomic mass is 16.1. The van der Waals surface area contributed by atoms with Crippen molar-refractivity contribution >= 4 is 0 Å². The zero-order chi connectivity index (χ0) is 13.2. The summed E-state index contributed by atoms with van der Waals surface area (Å²) >= 11 is 0. The summed E-state index contributed by atoms with van der Waals surface area (Å²) in [5.41, 5.74) is 4.60. The van der Waals surface area contributed by atoms with E-state index in [0.29, 0.717) is 6.04 Å². The van der Waals surface area contributed by atoms with Crippen molar-refractivity contribution in [2.75, 3.05) is 0 Å². The van der Waals surface area contributed by atoms with E-state index in [-0.39, 0.29) is 5.56 Å². The van der Waals surface area contributed by atoms with E-state index in [4.69, 9.17) is 0 Å². The summed E-state index contributed by atoms with van der Waals surface area (Å²) in [6.45, 7) is 2.82. The Labute approximate surface area is 111 Å². The standard InChI is InChI=1S/C14H18N4O/c1-9-10(8-16-18-9)7-15-12-3-2-4-13-11(12)5-6-14(19)17-13/h5-6,8,12,15H,2-4,7H2,1H3,(H,16,18)(H,17,19). The molecule has 0 spiro atoms. The fourth-order valence-electron chi connectivity index (χ4n) is 2.70. The molecule has 100 valence electrons. The van der Waals surface area contributed by atoms with Crippen LogP contribution in [0.3, 0.4) is 0 Å². The Morgan fingerprint density at radius 2 is 2.37 bits per heavy atom. The van der Waals surface area contributed by atoms with Crippen LogP contribution in [0, 0.1) is 6.92 Å². The summed E-state index contributed by atoms with van der Waals surface area (Å²) in [6.07, 6.45) is 5.04. The quantitative estimate of drug-likeness (QED) is 0.782. The van der Waals surface area contributed by atoms with Crippen LogP contribution in [0.25, 0.3) is 0 Å². The number of hydrogen-bond acceptors (Lipinski definition) is 3. The molecule has 2 aromatic rings. The minimum atomic E-state index is -0.00919. The highest BCUT2D eigenvalue weighted by molar-refractivity contribution is 5.26. The maximum Gasteiger partial charge on any atom is 0.248 e. The van der Waals surface area contributed by atoms with Crippen LogP contribution in [0.5, 0.6) is 0 Å². The summed E-state index contributed by atoms with van der Waals surface area (Å²) in [7, 11) is 0. The molecular weight excluding hydrogens is 240 g/mol. The second kappa shape index (κ2) is 5.01. The van der Waals surface area contributed by atoms with Crippen molar-refractivity contribution in [1.82, 2.24) is 20.5 Å². The minimum Gasteiger partial charge on any atom is -0.326 e. The second-order valence-corrected chi connectivity index (χ2v) is 5.10. The Hall–Kier alpha value is -1.88. The molecule has 1 aliphatic rings. The van der Waals surface area contributed by atoms with Gasteiger partial charge in [0.2, 0.25) is 5.56 Å². The summed E-state index contributed by atoms with van der Waals surface area (Å²) in [6, 6.07) is 3.88. The van der Waals surface area contributed by atoms with Gasteiger partial charge in [0, 0.05) is 35.6 Å². The molecule has 5 nitrogen and oxygen atoms in total. The SMILES string of the molecule is Cc1[nH]ncc1CNC1CCCc2[nH]c(=O)ccc21. The third-order valence-corrected chi connectivity index (χ3v) is 3.81. The molecule has 1 atom stereocenters. The van der Waals surface area contributed by atoms with Crippen molar-refractivity contribution in [3.8, 4) is 0 Å². The zero-order valence-electron chi connectivity index (χ0n) is 11.0. The maximum absolute atomic E-state index is 11.3. The predicted molar refractivity (Wildman–Crippen MR) is 72.9 cm³/mol. The van der Waals surface area contributed by atoms with Gasteiger partial charge < -0.3 is 10.3 Å². The summed E-state index contributed by atoms with van der Waals surface area (Å²) < 4.78 is 0. The topological polar surface area (TPSA) is 73.6 Å². The van der Waals surface area contributed by atoms with Gasteiger partial charge >= 0.3 is 0 Å². The molecule has 1 unspecified atom stereocenters. The lowest BCUT2D eigenvalue weighted by Gasteiger charge is -2.26. The van der Waals surface area contributed by atoms with Gasteiger partial charge in [-0.25, -0.2) is 0 Å². The average Bonchev–Trinajstić information content (AvgIpc) is 2.81. The van der Waals surface area contributed by atoms with Crippen LogP contribution in [-0.2, 0) is 13.0 Å². The number of rotatable bonds is 3. The fraction of sp³-hybridized carbons (Fsp3) is 0.429. The Morgan fingerprint density at radius 3 is 3.16 bits per heavy atom. The molecule has 2 heterocycles. The van der Waals surface area contributed by atoms with Crippen molar-refractivity contribution in [2.24, 2.45) is 0 Å². The Bertz CT molecular complexity index is 628. The van der Waals surface area contributed by atoms with Crippen molar-refractivity contribution < 1.29 is 0 Å². The van der Waals surface area contributed by atoms with E-state index >= 15 is 0 Å². The summed E-state index contributed by atoms with van der Waals surface area (Å²) in [5, 5.41) is 10.5. The second-order valence-electron chi connectivity index (χ2n) is 5.10. The first-order valence-corrected chi connectivity index (χ1v) is 6.68. The molecule has 0 radical (unpaired) electrons. The third kappa shape index (κ3) is 2.46. The van der Waals surface area contributed by atoms with Crippen LogP contribution in [0.15, 0.2) is 23.1 Å². The minimum absolute atomic E-state index is 0.00919. The van der Waals surface area contributed by atoms with Crippen LogP contribution in [0.2, 0.25) is 0 Å². The van der Waals surface area contributed by atoms with Gasteiger partial charge in [0.25, 0.3) is 0 Å². The number of aromatic nitrogens is 3. The predicted octanol–water partition coefficient (Wildman–Crippen LogP) is 1.57. The third-order valence-electron chi connectivity index (χ3n) is 3.81. The fourth-order valence-corrected chi connectivity index (χ4v) is 2.70. The first-order chi connectivity index (χ1) is 9.24. The molecule has 0 saturated carbocycles. The number of pyridine rings is 1. The van der Waals surface area contributed by atoms with Crippen molar-refractivity contribution in [3.05, 3.63) is 51.2 Å². The largest absolute Gasteiger partial charge is 0.326 e. The van der Waals surface area contributed by atoms with E-state index in [9.17, 15) is 4.79 Å². The van der Waals surface area contributed by atoms with Gasteiger partial charge in [-0.15, -0.1) is 0 Å². The van der Waals surface area contributed by atoms with E-state index in [1.165, 1.54) is 11.1 Å². The average molecular weight is 258 g/mol. The first-order valence-electron chi connectivity index (χ1n) is 6.68. The molecular formula is C14H18N4O. The van der Waals surface area contributed by atoms with Gasteiger partial charge in [-0.1, -0.05) is 6.07 Å². The van der Waals surface area contributed by atoms with Gasteiger partial charge in [0.05, 0.1) is 6.20 Å². The Balaban J connectivity index is 1.77. The number of H-pyrrole nitrogens is 2. The molecule has 0 aromatic carbocycles. The lowest BCUT2D eigenvalue weighted by molar-refractivity contribution is 0.453. The molecule has 0 bridgehead atoms. The summed E-state index contributed by atoms with van der Waals surface area (Å²) in [4.78, 5) is 14.3. The van der Waals surface area contributed by atoms with E-state index in [1.807, 2.05) is 19.2 Å². The van der Waals surface area contributed by atoms with E-state index in [2.05, 4.69) is 20.5 Å². The molecule has 19 heavy (non-hydrogen) atoms. The number of fused-ring (bicyclic) bond motifs is 1. The highest BCUT2D eigenvalue weighted by Crippen LogP contribution is 2.27. The van der Waals surface area contributed by atoms with Crippen LogP contribution in [0.1, 0.15) is 41.4 Å². The number of hydrogen-bond donors (Lipinski definition) is 3. The van der Waals surface area contributed by atoms with Crippen LogP contribution in [0.4, 0.5) is 0 Å². The molecule has 0 amide bonds. The van der Waals surface area contributed by atoms with E-state index in [0.717, 1.165) is 37.2 Å². The van der Waals surface area contributed by atoms with Gasteiger partial charge in [-0.3, -0.25) is 9.89 Å². The van der Waals surface area contributed by atoms with Gasteiger partial charge in [-0.2, -0.15) is 5.10 Å². The van der Waals surface area contributed by atoms with Gasteiger partial charge in [-0.05, 0) is 31.7 Å². The Kier molecular flexibility index (Phi) is 3.21. The number of nitrogens with one attached hydrogen (secondary N) is 3. The van der Waals surface area contributed by atoms with Crippen LogP contribution < -0.4 is 10.9 Å². The van der Waals surface area contributed by atoms with Crippen LogP contribution >= 0.6 is 0 Å². The molecule has 3 rings (SSSR count). The molecule has 5 heteroatoms. The number of aryl methyl sites for hydroxylation is 2. The van der Waals surface area contributed by atoms with E-state index < -0.39 is 0 Å². The highest BCUT2D eigenvalue weighted by Gasteiger charge is 2.20. The lowest BCUT2D eigenvalue weighted by Crippen LogP contribution is -2.27. The molecule has 0 saturated heterocycles. The van der Waals surface area contributed by atoms with Gasteiger partial charge in [0.1, 0.15) is 0 Å². The number of nitrogens with zero attached hydrogens (tertiary/aromatic N) is 1. The van der Waals surface area contributed by atoms with Gasteiger partial charge in [0.15, 0.2) is 0 Å². The smallest absolute Gasteiger partial charge is 0.248 e. The van der Waals surface area contributed by atoms with Crippen molar-refractivity contribution in [3.63, 3.8) is 0 Å². The Morgan fingerprint density at radius 1 is 1.47 bits per heavy atom. The van der Waals surface area contributed by atoms with E-state index in [1.54, 1.807) is 6.07 Å². The molecule has 0 aliphatic heterocycles. The van der Waals surface area contributed by atoms with Crippen molar-refractivity contribution in [1.29, 1.82) is 0 Å². The molecule has 3 N–H and O–H groups in total.